The summed E-state index contributed by atoms with van der Waals surface area (Å²) >= 11 is 0. The lowest BCUT2D eigenvalue weighted by atomic mass is 9.98. The molecule has 10 heteroatoms. The first-order valence-electron chi connectivity index (χ1n) is 10.5. The number of alkyl halides is 3. The lowest BCUT2D eigenvalue weighted by Gasteiger charge is -2.35. The molecule has 1 unspecified atom stereocenters. The Labute approximate surface area is 182 Å². The van der Waals surface area contributed by atoms with E-state index >= 15 is 0 Å². The van der Waals surface area contributed by atoms with Crippen LogP contribution in [0.4, 0.5) is 19.1 Å². The minimum absolute atomic E-state index is 0.0223. The zero-order valence-corrected chi connectivity index (χ0v) is 17.4. The molecule has 2 aliphatic heterocycles. The van der Waals surface area contributed by atoms with Crippen LogP contribution in [0.15, 0.2) is 30.5 Å². The molecule has 0 spiro atoms. The first kappa shape index (κ1) is 20.7. The zero-order chi connectivity index (χ0) is 22.5. The quantitative estimate of drug-likeness (QED) is 0.655. The molecule has 0 radical (unpaired) electrons. The van der Waals surface area contributed by atoms with E-state index in [4.69, 9.17) is 9.72 Å². The smallest absolute Gasteiger partial charge is 0.377 e. The lowest BCUT2D eigenvalue weighted by Crippen LogP contribution is -2.46. The SMILES string of the molecule is CC1COCCN1c1nc2c(c(-c3c[nH]c4ccccc34)n1)CCN(C(=O)C(F)(F)F)C2. The number of carbonyl (C=O) groups excluding carboxylic acids is 1. The van der Waals surface area contributed by atoms with Crippen LogP contribution in [-0.2, 0) is 22.5 Å². The summed E-state index contributed by atoms with van der Waals surface area (Å²) in [7, 11) is 0. The number of fused-ring (bicyclic) bond motifs is 2. The third kappa shape index (κ3) is 3.58. The summed E-state index contributed by atoms with van der Waals surface area (Å²) in [5, 5.41) is 0.975. The fourth-order valence-electron chi connectivity index (χ4n) is 4.41. The average Bonchev–Trinajstić information content (AvgIpc) is 3.21. The number of carbonyl (C=O) groups is 1. The number of hydrogen-bond donors (Lipinski definition) is 1. The molecule has 168 valence electrons. The van der Waals surface area contributed by atoms with Crippen molar-refractivity contribution in [1.29, 1.82) is 0 Å². The van der Waals surface area contributed by atoms with Crippen LogP contribution in [-0.4, -0.2) is 64.3 Å². The highest BCUT2D eigenvalue weighted by atomic mass is 19.4. The van der Waals surface area contributed by atoms with E-state index in [0.29, 0.717) is 37.1 Å². The Morgan fingerprint density at radius 3 is 2.81 bits per heavy atom. The van der Waals surface area contributed by atoms with Gasteiger partial charge in [-0.05, 0) is 19.4 Å². The Morgan fingerprint density at radius 1 is 1.22 bits per heavy atom. The molecule has 1 fully saturated rings. The summed E-state index contributed by atoms with van der Waals surface area (Å²) in [5.41, 5.74) is 3.75. The van der Waals surface area contributed by atoms with Crippen LogP contribution < -0.4 is 4.90 Å². The van der Waals surface area contributed by atoms with Crippen LogP contribution in [0.5, 0.6) is 0 Å². The van der Waals surface area contributed by atoms with E-state index in [1.165, 1.54) is 0 Å². The second-order valence-electron chi connectivity index (χ2n) is 8.14. The van der Waals surface area contributed by atoms with Crippen LogP contribution >= 0.6 is 0 Å². The van der Waals surface area contributed by atoms with Crippen molar-refractivity contribution < 1.29 is 22.7 Å². The van der Waals surface area contributed by atoms with Gasteiger partial charge in [0.15, 0.2) is 0 Å². The monoisotopic (exact) mass is 445 g/mol. The van der Waals surface area contributed by atoms with Crippen LogP contribution in [0, 0.1) is 0 Å². The normalized spacial score (nSPS) is 19.3. The molecule has 2 aromatic heterocycles. The third-order valence-electron chi connectivity index (χ3n) is 6.05. The molecule has 3 aromatic rings. The Balaban J connectivity index is 1.63. The second-order valence-corrected chi connectivity index (χ2v) is 8.14. The first-order valence-corrected chi connectivity index (χ1v) is 10.5. The van der Waals surface area contributed by atoms with Gasteiger partial charge in [-0.1, -0.05) is 18.2 Å². The van der Waals surface area contributed by atoms with Gasteiger partial charge in [0.1, 0.15) is 0 Å². The molecule has 5 rings (SSSR count). The predicted molar refractivity (Wildman–Crippen MR) is 112 cm³/mol. The van der Waals surface area contributed by atoms with Crippen molar-refractivity contribution >= 4 is 22.8 Å². The van der Waals surface area contributed by atoms with Gasteiger partial charge >= 0.3 is 12.1 Å². The fraction of sp³-hybridized carbons (Fsp3) is 0.409. The van der Waals surface area contributed by atoms with Gasteiger partial charge in [-0.25, -0.2) is 9.97 Å². The van der Waals surface area contributed by atoms with Crippen LogP contribution in [0.1, 0.15) is 18.2 Å². The number of amides is 1. The Hall–Kier alpha value is -3.14. The van der Waals surface area contributed by atoms with Crippen LogP contribution in [0.3, 0.4) is 0 Å². The summed E-state index contributed by atoms with van der Waals surface area (Å²) in [6.45, 7) is 3.38. The molecule has 32 heavy (non-hydrogen) atoms. The summed E-state index contributed by atoms with van der Waals surface area (Å²) in [5.74, 6) is -1.39. The number of para-hydroxylation sites is 1. The standard InChI is InChI=1S/C22H22F3N5O2/c1-13-12-32-9-8-30(13)21-27-18-11-29(20(31)22(23,24)25)7-6-15(18)19(28-21)16-10-26-17-5-3-2-4-14(16)17/h2-5,10,13,26H,6-9,11-12H2,1H3. The predicted octanol–water partition coefficient (Wildman–Crippen LogP) is 3.30. The molecule has 1 saturated heterocycles. The molecule has 0 bridgehead atoms. The maximum absolute atomic E-state index is 13.1. The molecule has 1 N–H and O–H groups in total. The highest BCUT2D eigenvalue weighted by Crippen LogP contribution is 2.35. The number of H-pyrrole nitrogens is 1. The van der Waals surface area contributed by atoms with Gasteiger partial charge in [0, 0.05) is 41.3 Å². The van der Waals surface area contributed by atoms with E-state index in [-0.39, 0.29) is 25.6 Å². The van der Waals surface area contributed by atoms with Gasteiger partial charge in [0.25, 0.3) is 0 Å². The van der Waals surface area contributed by atoms with Gasteiger partial charge in [0.2, 0.25) is 5.95 Å². The zero-order valence-electron chi connectivity index (χ0n) is 17.4. The van der Waals surface area contributed by atoms with E-state index in [1.807, 2.05) is 42.3 Å². The highest BCUT2D eigenvalue weighted by molar-refractivity contribution is 5.95. The molecular weight excluding hydrogens is 423 g/mol. The van der Waals surface area contributed by atoms with Gasteiger partial charge in [-0.2, -0.15) is 13.2 Å². The molecule has 2 aliphatic rings. The summed E-state index contributed by atoms with van der Waals surface area (Å²) < 4.78 is 44.7. The number of ether oxygens (including phenoxy) is 1. The maximum Gasteiger partial charge on any atom is 0.471 e. The number of nitrogens with zero attached hydrogens (tertiary/aromatic N) is 4. The van der Waals surface area contributed by atoms with Gasteiger partial charge in [0.05, 0.1) is 37.2 Å². The number of anilines is 1. The number of rotatable bonds is 2. The number of aromatic amines is 1. The minimum atomic E-state index is -4.91. The molecule has 4 heterocycles. The van der Waals surface area contributed by atoms with Crippen LogP contribution in [0.2, 0.25) is 0 Å². The van der Waals surface area contributed by atoms with Crippen LogP contribution in [0.25, 0.3) is 22.2 Å². The van der Waals surface area contributed by atoms with Gasteiger partial charge < -0.3 is 19.5 Å². The molecule has 0 saturated carbocycles. The largest absolute Gasteiger partial charge is 0.471 e. The topological polar surface area (TPSA) is 74.3 Å². The third-order valence-corrected chi connectivity index (χ3v) is 6.05. The van der Waals surface area contributed by atoms with Crippen molar-refractivity contribution in [3.63, 3.8) is 0 Å². The van der Waals surface area contributed by atoms with Crippen molar-refractivity contribution in [2.75, 3.05) is 31.2 Å². The summed E-state index contributed by atoms with van der Waals surface area (Å²) in [6.07, 6.45) is -2.79. The molecule has 0 aliphatic carbocycles. The average molecular weight is 445 g/mol. The second kappa shape index (κ2) is 7.77. The Morgan fingerprint density at radius 2 is 2.03 bits per heavy atom. The number of benzene rings is 1. The van der Waals surface area contributed by atoms with E-state index < -0.39 is 12.1 Å². The molecular formula is C22H22F3N5O2. The molecule has 1 atom stereocenters. The van der Waals surface area contributed by atoms with Crippen molar-refractivity contribution in [2.45, 2.75) is 32.1 Å². The number of aromatic nitrogens is 3. The number of nitrogens with one attached hydrogen (secondary N) is 1. The summed E-state index contributed by atoms with van der Waals surface area (Å²) in [4.78, 5) is 27.5. The molecule has 1 aromatic carbocycles. The van der Waals surface area contributed by atoms with Gasteiger partial charge in [-0.15, -0.1) is 0 Å². The molecule has 1 amide bonds. The number of hydrogen-bond acceptors (Lipinski definition) is 5. The number of halogens is 3. The van der Waals surface area contributed by atoms with Crippen molar-refractivity contribution in [1.82, 2.24) is 19.9 Å². The van der Waals surface area contributed by atoms with Crippen molar-refractivity contribution in [3.05, 3.63) is 41.7 Å². The Bertz CT molecular complexity index is 1180. The van der Waals surface area contributed by atoms with E-state index in [1.54, 1.807) is 0 Å². The van der Waals surface area contributed by atoms with Crippen molar-refractivity contribution in [2.24, 2.45) is 0 Å². The first-order chi connectivity index (χ1) is 15.3. The Kier molecular flexibility index (Phi) is 5.04. The summed E-state index contributed by atoms with van der Waals surface area (Å²) in [6, 6.07) is 7.83. The molecule has 7 nitrogen and oxygen atoms in total. The number of morpholine rings is 1. The fourth-order valence-corrected chi connectivity index (χ4v) is 4.41. The van der Waals surface area contributed by atoms with Crippen molar-refractivity contribution in [3.8, 4) is 11.3 Å². The lowest BCUT2D eigenvalue weighted by molar-refractivity contribution is -0.186. The highest BCUT2D eigenvalue weighted by Gasteiger charge is 2.44. The van der Waals surface area contributed by atoms with E-state index in [2.05, 4.69) is 9.97 Å². The maximum atomic E-state index is 13.1. The van der Waals surface area contributed by atoms with Gasteiger partial charge in [-0.3, -0.25) is 4.79 Å². The van der Waals surface area contributed by atoms with E-state index in [9.17, 15) is 18.0 Å². The minimum Gasteiger partial charge on any atom is -0.377 e. The van der Waals surface area contributed by atoms with E-state index in [0.717, 1.165) is 26.9 Å².